The van der Waals surface area contributed by atoms with E-state index < -0.39 is 5.91 Å². The molecular weight excluding hydrogens is 521 g/mol. The Morgan fingerprint density at radius 2 is 2.20 bits per heavy atom. The number of nitrogens with zero attached hydrogens (tertiary/aromatic N) is 2. The first-order valence-corrected chi connectivity index (χ1v) is 9.89. The molecule has 4 N–H and O–H groups in total. The average molecular weight is 548 g/mol. The number of ether oxygens (including phenoxy) is 1. The van der Waals surface area contributed by atoms with Crippen molar-refractivity contribution in [2.75, 3.05) is 31.6 Å². The molecule has 10 heteroatoms. The zero-order valence-electron chi connectivity index (χ0n) is 17.0. The van der Waals surface area contributed by atoms with E-state index in [1.165, 1.54) is 0 Å². The van der Waals surface area contributed by atoms with E-state index in [0.717, 1.165) is 37.5 Å². The fraction of sp³-hybridized carbons (Fsp3) is 0.400. The highest BCUT2D eigenvalue weighted by atomic mass is 127. The van der Waals surface area contributed by atoms with Crippen molar-refractivity contribution in [2.24, 2.45) is 10.7 Å². The van der Waals surface area contributed by atoms with Crippen LogP contribution in [0.15, 0.2) is 39.7 Å². The number of aliphatic imine (C=N–C) groups is 1. The number of carbonyl (C=O) groups excluding carboxylic acids is 1. The van der Waals surface area contributed by atoms with Gasteiger partial charge in [-0.2, -0.15) is 0 Å². The number of anilines is 1. The summed E-state index contributed by atoms with van der Waals surface area (Å²) in [4.78, 5) is 17.9. The molecule has 1 unspecified atom stereocenters. The fourth-order valence-electron chi connectivity index (χ4n) is 3.27. The van der Waals surface area contributed by atoms with Crippen LogP contribution >= 0.6 is 35.6 Å². The number of methoxy groups -OCH3 is 1. The van der Waals surface area contributed by atoms with E-state index in [0.29, 0.717) is 23.3 Å². The second kappa shape index (κ2) is 11.3. The molecule has 1 aliphatic heterocycles. The second-order valence-electron chi connectivity index (χ2n) is 6.72. The summed E-state index contributed by atoms with van der Waals surface area (Å²) in [5.41, 5.74) is 6.20. The second-order valence-corrected chi connectivity index (χ2v) is 7.15. The Kier molecular flexibility index (Phi) is 9.09. The normalized spacial score (nSPS) is 16.2. The Labute approximate surface area is 198 Å². The summed E-state index contributed by atoms with van der Waals surface area (Å²) < 4.78 is 10.9. The molecule has 1 aromatic heterocycles. The number of amides is 1. The maximum Gasteiger partial charge on any atom is 0.284 e. The lowest BCUT2D eigenvalue weighted by Crippen LogP contribution is -2.44. The SMILES string of the molecule is CCNC(=NCc1ccc(C(N)=O)o1)NC1CCN(c2cc(Cl)ccc2OC)C1.I. The van der Waals surface area contributed by atoms with Gasteiger partial charge in [0, 0.05) is 30.7 Å². The van der Waals surface area contributed by atoms with Gasteiger partial charge in [-0.05, 0) is 43.7 Å². The molecule has 0 radical (unpaired) electrons. The van der Waals surface area contributed by atoms with Gasteiger partial charge in [0.1, 0.15) is 18.1 Å². The Hall–Kier alpha value is -2.14. The molecule has 30 heavy (non-hydrogen) atoms. The van der Waals surface area contributed by atoms with E-state index in [4.69, 9.17) is 26.5 Å². The Morgan fingerprint density at radius 3 is 2.87 bits per heavy atom. The van der Waals surface area contributed by atoms with Crippen molar-refractivity contribution in [1.29, 1.82) is 0 Å². The monoisotopic (exact) mass is 547 g/mol. The molecule has 1 aliphatic rings. The number of carbonyl (C=O) groups is 1. The summed E-state index contributed by atoms with van der Waals surface area (Å²) in [6.45, 7) is 4.73. The molecule has 164 valence electrons. The maximum atomic E-state index is 11.1. The minimum Gasteiger partial charge on any atom is -0.495 e. The van der Waals surface area contributed by atoms with Crippen LogP contribution in [-0.2, 0) is 6.54 Å². The molecule has 2 heterocycles. The van der Waals surface area contributed by atoms with Crippen LogP contribution in [0.4, 0.5) is 5.69 Å². The zero-order chi connectivity index (χ0) is 20.8. The largest absolute Gasteiger partial charge is 0.495 e. The molecule has 1 fully saturated rings. The molecule has 1 aromatic carbocycles. The van der Waals surface area contributed by atoms with Gasteiger partial charge >= 0.3 is 0 Å². The third-order valence-corrected chi connectivity index (χ3v) is 4.89. The lowest BCUT2D eigenvalue weighted by atomic mass is 10.2. The molecule has 8 nitrogen and oxygen atoms in total. The van der Waals surface area contributed by atoms with Crippen molar-refractivity contribution >= 4 is 53.1 Å². The third kappa shape index (κ3) is 6.18. The highest BCUT2D eigenvalue weighted by Gasteiger charge is 2.25. The quantitative estimate of drug-likeness (QED) is 0.280. The molecule has 0 saturated carbocycles. The molecule has 3 rings (SSSR count). The minimum atomic E-state index is -0.590. The standard InChI is InChI=1S/C20H26ClN5O3.HI/c1-3-23-20(24-11-15-5-7-18(29-15)19(22)27)25-14-8-9-26(12-14)16-10-13(21)4-6-17(16)28-2;/h4-7,10,14H,3,8-9,11-12H2,1-2H3,(H2,22,27)(H2,23,24,25);1H. The van der Waals surface area contributed by atoms with Crippen LogP contribution in [0.1, 0.15) is 29.7 Å². The van der Waals surface area contributed by atoms with Gasteiger partial charge in [0.25, 0.3) is 5.91 Å². The number of nitrogens with one attached hydrogen (secondary N) is 2. The smallest absolute Gasteiger partial charge is 0.284 e. The summed E-state index contributed by atoms with van der Waals surface area (Å²) in [6, 6.07) is 9.11. The Bertz CT molecular complexity index is 889. The van der Waals surface area contributed by atoms with Crippen molar-refractivity contribution in [3.05, 3.63) is 46.9 Å². The van der Waals surface area contributed by atoms with Gasteiger partial charge in [0.05, 0.1) is 12.8 Å². The Morgan fingerprint density at radius 1 is 1.40 bits per heavy atom. The summed E-state index contributed by atoms with van der Waals surface area (Å²) in [5.74, 6) is 1.61. The number of benzene rings is 1. The number of primary amides is 1. The highest BCUT2D eigenvalue weighted by Crippen LogP contribution is 2.33. The summed E-state index contributed by atoms with van der Waals surface area (Å²) in [6.07, 6.45) is 0.951. The van der Waals surface area contributed by atoms with E-state index in [1.807, 2.05) is 25.1 Å². The zero-order valence-corrected chi connectivity index (χ0v) is 20.1. The molecular formula is C20H27ClIN5O3. The van der Waals surface area contributed by atoms with E-state index in [1.54, 1.807) is 19.2 Å². The molecule has 1 amide bonds. The number of nitrogens with two attached hydrogens (primary N) is 1. The van der Waals surface area contributed by atoms with Crippen LogP contribution in [0.2, 0.25) is 5.02 Å². The van der Waals surface area contributed by atoms with Crippen LogP contribution in [0.25, 0.3) is 0 Å². The first-order chi connectivity index (χ1) is 14.0. The highest BCUT2D eigenvalue weighted by molar-refractivity contribution is 14.0. The minimum absolute atomic E-state index is 0. The van der Waals surface area contributed by atoms with Gasteiger partial charge in [-0.15, -0.1) is 24.0 Å². The Balaban J connectivity index is 0.00000320. The van der Waals surface area contributed by atoms with Crippen LogP contribution in [0, 0.1) is 0 Å². The van der Waals surface area contributed by atoms with Crippen molar-refractivity contribution in [3.8, 4) is 5.75 Å². The first kappa shape index (κ1) is 24.1. The number of halogens is 2. The number of furan rings is 1. The lowest BCUT2D eigenvalue weighted by Gasteiger charge is -2.22. The van der Waals surface area contributed by atoms with Gasteiger partial charge < -0.3 is 30.4 Å². The molecule has 1 atom stereocenters. The van der Waals surface area contributed by atoms with Gasteiger partial charge in [0.15, 0.2) is 11.7 Å². The van der Waals surface area contributed by atoms with Gasteiger partial charge in [-0.25, -0.2) is 4.99 Å². The van der Waals surface area contributed by atoms with Crippen molar-refractivity contribution in [1.82, 2.24) is 10.6 Å². The first-order valence-electron chi connectivity index (χ1n) is 9.52. The third-order valence-electron chi connectivity index (χ3n) is 4.65. The molecule has 0 bridgehead atoms. The summed E-state index contributed by atoms with van der Waals surface area (Å²) in [7, 11) is 1.66. The average Bonchev–Trinajstić information content (AvgIpc) is 3.36. The van der Waals surface area contributed by atoms with Gasteiger partial charge in [-0.1, -0.05) is 11.6 Å². The van der Waals surface area contributed by atoms with Gasteiger partial charge in [0.2, 0.25) is 0 Å². The molecule has 0 spiro atoms. The van der Waals surface area contributed by atoms with E-state index in [9.17, 15) is 4.79 Å². The predicted octanol–water partition coefficient (Wildman–Crippen LogP) is 2.99. The van der Waals surface area contributed by atoms with Crippen LogP contribution in [0.3, 0.4) is 0 Å². The van der Waals surface area contributed by atoms with Crippen LogP contribution in [0.5, 0.6) is 5.75 Å². The van der Waals surface area contributed by atoms with Crippen LogP contribution < -0.4 is 26.0 Å². The summed E-state index contributed by atoms with van der Waals surface area (Å²) in [5, 5.41) is 7.38. The molecule has 1 saturated heterocycles. The molecule has 0 aliphatic carbocycles. The van der Waals surface area contributed by atoms with Gasteiger partial charge in [-0.3, -0.25) is 4.79 Å². The van der Waals surface area contributed by atoms with E-state index in [2.05, 4.69) is 20.5 Å². The predicted molar refractivity (Wildman–Crippen MR) is 129 cm³/mol. The van der Waals surface area contributed by atoms with E-state index >= 15 is 0 Å². The summed E-state index contributed by atoms with van der Waals surface area (Å²) >= 11 is 6.17. The van der Waals surface area contributed by atoms with Crippen molar-refractivity contribution < 1.29 is 13.9 Å². The number of guanidine groups is 1. The fourth-order valence-corrected chi connectivity index (χ4v) is 3.44. The maximum absolute atomic E-state index is 11.1. The van der Waals surface area contributed by atoms with Crippen molar-refractivity contribution in [2.45, 2.75) is 25.9 Å². The molecule has 2 aromatic rings. The van der Waals surface area contributed by atoms with E-state index in [-0.39, 0.29) is 35.8 Å². The number of hydrogen-bond acceptors (Lipinski definition) is 5. The number of rotatable bonds is 7. The number of hydrogen-bond donors (Lipinski definition) is 3. The van der Waals surface area contributed by atoms with Crippen LogP contribution in [-0.4, -0.2) is 44.7 Å². The van der Waals surface area contributed by atoms with Crippen molar-refractivity contribution in [3.63, 3.8) is 0 Å². The topological polar surface area (TPSA) is 105 Å². The lowest BCUT2D eigenvalue weighted by molar-refractivity contribution is 0.0972.